The lowest BCUT2D eigenvalue weighted by Crippen LogP contribution is -2.30. The third kappa shape index (κ3) is 4.44. The summed E-state index contributed by atoms with van der Waals surface area (Å²) in [5, 5.41) is 6.32. The van der Waals surface area contributed by atoms with Crippen LogP contribution in [0.25, 0.3) is 10.9 Å². The van der Waals surface area contributed by atoms with Crippen molar-refractivity contribution in [1.82, 2.24) is 4.98 Å². The van der Waals surface area contributed by atoms with Crippen molar-refractivity contribution in [1.29, 1.82) is 0 Å². The van der Waals surface area contributed by atoms with Gasteiger partial charge in [0.1, 0.15) is 5.25 Å². The Morgan fingerprint density at radius 1 is 0.972 bits per heavy atom. The summed E-state index contributed by atoms with van der Waals surface area (Å²) in [6.07, 6.45) is -0.535. The monoisotopic (exact) mass is 516 g/mol. The average molecular weight is 517 g/mol. The summed E-state index contributed by atoms with van der Waals surface area (Å²) < 4.78 is 11.5. The van der Waals surface area contributed by atoms with Crippen LogP contribution in [0.15, 0.2) is 90.0 Å². The second kappa shape index (κ2) is 9.91. The topological polar surface area (TPSA) is 76.0 Å². The third-order valence-corrected chi connectivity index (χ3v) is 7.38. The number of benzene rings is 3. The van der Waals surface area contributed by atoms with E-state index in [4.69, 9.17) is 26.1 Å². The molecular weight excluding hydrogens is 496 g/mol. The Morgan fingerprint density at radius 3 is 2.47 bits per heavy atom. The molecule has 0 radical (unpaired) electrons. The van der Waals surface area contributed by atoms with Crippen molar-refractivity contribution >= 4 is 56.8 Å². The first-order chi connectivity index (χ1) is 17.7. The van der Waals surface area contributed by atoms with E-state index in [2.05, 4.69) is 10.5 Å². The zero-order valence-electron chi connectivity index (χ0n) is 19.0. The zero-order chi connectivity index (χ0) is 24.5. The van der Waals surface area contributed by atoms with Crippen LogP contribution in [0.3, 0.4) is 0 Å². The maximum absolute atomic E-state index is 13.6. The van der Waals surface area contributed by atoms with Crippen LogP contribution >= 0.6 is 23.4 Å². The van der Waals surface area contributed by atoms with Gasteiger partial charge in [-0.25, -0.2) is 4.98 Å². The molecule has 4 aromatic rings. The van der Waals surface area contributed by atoms with E-state index in [1.54, 1.807) is 17.0 Å². The van der Waals surface area contributed by atoms with E-state index in [1.807, 2.05) is 72.8 Å². The maximum atomic E-state index is 13.6. The van der Waals surface area contributed by atoms with Crippen molar-refractivity contribution in [3.63, 3.8) is 0 Å². The van der Waals surface area contributed by atoms with Crippen LogP contribution in [0.2, 0.25) is 5.02 Å². The highest BCUT2D eigenvalue weighted by Crippen LogP contribution is 2.42. The van der Waals surface area contributed by atoms with Gasteiger partial charge in [0.05, 0.1) is 30.0 Å². The molecule has 180 valence electrons. The second-order valence-corrected chi connectivity index (χ2v) is 9.77. The van der Waals surface area contributed by atoms with Crippen molar-refractivity contribution in [3.8, 4) is 0 Å². The van der Waals surface area contributed by atoms with Gasteiger partial charge in [0.15, 0.2) is 17.3 Å². The van der Waals surface area contributed by atoms with Gasteiger partial charge in [0.25, 0.3) is 5.91 Å². The molecule has 1 N–H and O–H groups in total. The molecule has 2 saturated heterocycles. The number of amides is 1. The SMILES string of the molecule is O=C1C(c2ccccc2)S/C(=N\Nc2nc3ccccc3cc2C2OCCO2)N1c1ccc(Cl)cc1. The molecule has 1 unspecified atom stereocenters. The molecule has 0 aliphatic carbocycles. The third-order valence-electron chi connectivity index (χ3n) is 5.93. The van der Waals surface area contributed by atoms with E-state index < -0.39 is 11.5 Å². The Bertz CT molecular complexity index is 1440. The molecule has 9 heteroatoms. The molecular formula is C27H21ClN4O3S. The van der Waals surface area contributed by atoms with Gasteiger partial charge >= 0.3 is 0 Å². The number of hydrogen-bond acceptors (Lipinski definition) is 7. The number of thioether (sulfide) groups is 1. The van der Waals surface area contributed by atoms with Crippen molar-refractivity contribution in [2.24, 2.45) is 5.10 Å². The summed E-state index contributed by atoms with van der Waals surface area (Å²) in [7, 11) is 0. The number of nitrogens with one attached hydrogen (secondary N) is 1. The number of fused-ring (bicyclic) bond motifs is 1. The molecule has 2 fully saturated rings. The summed E-state index contributed by atoms with van der Waals surface area (Å²) >= 11 is 7.48. The van der Waals surface area contributed by atoms with E-state index in [1.165, 1.54) is 11.8 Å². The molecule has 0 bridgehead atoms. The van der Waals surface area contributed by atoms with Gasteiger partial charge in [-0.2, -0.15) is 0 Å². The standard InChI is InChI=1S/C27H21ClN4O3S/c28-19-10-12-20(13-11-19)32-25(33)23(17-6-2-1-3-7-17)36-27(32)31-30-24-21(26-34-14-15-35-26)16-18-8-4-5-9-22(18)29-24/h1-13,16,23,26H,14-15H2,(H,29,30)/b31-27-. The number of nitrogens with zero attached hydrogens (tertiary/aromatic N) is 3. The highest BCUT2D eigenvalue weighted by molar-refractivity contribution is 8.15. The van der Waals surface area contributed by atoms with Crippen molar-refractivity contribution in [2.45, 2.75) is 11.5 Å². The van der Waals surface area contributed by atoms with Crippen molar-refractivity contribution < 1.29 is 14.3 Å². The summed E-state index contributed by atoms with van der Waals surface area (Å²) in [5.41, 5.74) is 6.27. The number of carbonyl (C=O) groups is 1. The van der Waals surface area contributed by atoms with Crippen LogP contribution in [0.4, 0.5) is 11.5 Å². The number of carbonyl (C=O) groups excluding carboxylic acids is 1. The number of rotatable bonds is 5. The van der Waals surface area contributed by atoms with Gasteiger partial charge in [-0.05, 0) is 42.0 Å². The molecule has 3 heterocycles. The number of anilines is 2. The van der Waals surface area contributed by atoms with Gasteiger partial charge in [0, 0.05) is 10.4 Å². The van der Waals surface area contributed by atoms with Crippen LogP contribution in [-0.2, 0) is 14.3 Å². The number of hydrazone groups is 1. The smallest absolute Gasteiger partial charge is 0.251 e. The average Bonchev–Trinajstić information content (AvgIpc) is 3.56. The molecule has 0 saturated carbocycles. The maximum Gasteiger partial charge on any atom is 0.251 e. The van der Waals surface area contributed by atoms with Crippen LogP contribution in [-0.4, -0.2) is 29.3 Å². The zero-order valence-corrected chi connectivity index (χ0v) is 20.6. The summed E-state index contributed by atoms with van der Waals surface area (Å²) in [6.45, 7) is 1.03. The molecule has 1 amide bonds. The van der Waals surface area contributed by atoms with Gasteiger partial charge in [-0.15, -0.1) is 5.10 Å². The largest absolute Gasteiger partial charge is 0.346 e. The fraction of sp³-hybridized carbons (Fsp3) is 0.148. The molecule has 2 aliphatic rings. The van der Waals surface area contributed by atoms with Gasteiger partial charge in [-0.1, -0.05) is 71.9 Å². The Labute approximate surface area is 217 Å². The number of pyridine rings is 1. The first kappa shape index (κ1) is 23.0. The number of ether oxygens (including phenoxy) is 2. The predicted octanol–water partition coefficient (Wildman–Crippen LogP) is 6.14. The summed E-state index contributed by atoms with van der Waals surface area (Å²) in [4.78, 5) is 20.0. The minimum absolute atomic E-state index is 0.0803. The lowest BCUT2D eigenvalue weighted by Gasteiger charge is -2.18. The molecule has 36 heavy (non-hydrogen) atoms. The van der Waals surface area contributed by atoms with Crippen LogP contribution in [0.1, 0.15) is 22.7 Å². The first-order valence-electron chi connectivity index (χ1n) is 11.4. The van der Waals surface area contributed by atoms with Crippen molar-refractivity contribution in [3.05, 3.63) is 101 Å². The summed E-state index contributed by atoms with van der Waals surface area (Å²) in [6, 6.07) is 26.6. The van der Waals surface area contributed by atoms with E-state index in [9.17, 15) is 4.79 Å². The lowest BCUT2D eigenvalue weighted by atomic mass is 10.1. The Balaban J connectivity index is 1.39. The highest BCUT2D eigenvalue weighted by atomic mass is 35.5. The van der Waals surface area contributed by atoms with Gasteiger partial charge < -0.3 is 9.47 Å². The van der Waals surface area contributed by atoms with E-state index in [-0.39, 0.29) is 5.91 Å². The lowest BCUT2D eigenvalue weighted by molar-refractivity contribution is -0.117. The van der Waals surface area contributed by atoms with Gasteiger partial charge in [0.2, 0.25) is 0 Å². The van der Waals surface area contributed by atoms with E-state index in [0.717, 1.165) is 22.0 Å². The molecule has 0 spiro atoms. The quantitative estimate of drug-likeness (QED) is 0.321. The van der Waals surface area contributed by atoms with Crippen molar-refractivity contribution in [2.75, 3.05) is 23.5 Å². The fourth-order valence-corrected chi connectivity index (χ4v) is 5.44. The molecule has 1 atom stereocenters. The molecule has 7 nitrogen and oxygen atoms in total. The Hall–Kier alpha value is -3.43. The number of hydrogen-bond donors (Lipinski definition) is 1. The number of aromatic nitrogens is 1. The molecule has 1 aromatic heterocycles. The molecule has 6 rings (SSSR count). The minimum Gasteiger partial charge on any atom is -0.346 e. The first-order valence-corrected chi connectivity index (χ1v) is 12.7. The molecule has 3 aromatic carbocycles. The minimum atomic E-state index is -0.535. The number of amidine groups is 1. The van der Waals surface area contributed by atoms with Gasteiger partial charge in [-0.3, -0.25) is 15.1 Å². The van der Waals surface area contributed by atoms with Crippen LogP contribution in [0, 0.1) is 0 Å². The second-order valence-electron chi connectivity index (χ2n) is 8.26. The Morgan fingerprint density at radius 2 is 1.69 bits per heavy atom. The number of halogens is 1. The normalized spacial score (nSPS) is 19.5. The van der Waals surface area contributed by atoms with E-state index >= 15 is 0 Å². The number of para-hydroxylation sites is 1. The van der Waals surface area contributed by atoms with Crippen LogP contribution in [0.5, 0.6) is 0 Å². The predicted molar refractivity (Wildman–Crippen MR) is 143 cm³/mol. The highest BCUT2D eigenvalue weighted by Gasteiger charge is 2.40. The van der Waals surface area contributed by atoms with Crippen LogP contribution < -0.4 is 10.3 Å². The fourth-order valence-electron chi connectivity index (χ4n) is 4.20. The van der Waals surface area contributed by atoms with E-state index in [0.29, 0.717) is 34.9 Å². The summed E-state index contributed by atoms with van der Waals surface area (Å²) in [5.74, 6) is 0.434. The molecule has 2 aliphatic heterocycles. The Kier molecular flexibility index (Phi) is 6.33.